The van der Waals surface area contributed by atoms with Gasteiger partial charge in [-0.05, 0) is 25.1 Å². The molecule has 10 heteroatoms. The second-order valence-electron chi connectivity index (χ2n) is 5.16. The smallest absolute Gasteiger partial charge is 0.418 e. The Kier molecular flexibility index (Phi) is 5.44. The van der Waals surface area contributed by atoms with Crippen LogP contribution in [-0.2, 0) is 11.0 Å². The SMILES string of the molecule is C[C@H](Oc1ccc([N+](=O)[O-])cc1F)C(=O)Nc1ccccc1C(F)(F)F. The molecule has 1 atom stereocenters. The number of amides is 1. The highest BCUT2D eigenvalue weighted by molar-refractivity contribution is 5.94. The maximum atomic E-state index is 13.8. The summed E-state index contributed by atoms with van der Waals surface area (Å²) in [4.78, 5) is 21.8. The number of nitro benzene ring substituents is 1. The number of carbonyl (C=O) groups excluding carboxylic acids is 1. The first-order valence-corrected chi connectivity index (χ1v) is 7.17. The van der Waals surface area contributed by atoms with Crippen LogP contribution in [0, 0.1) is 15.9 Å². The summed E-state index contributed by atoms with van der Waals surface area (Å²) in [5.74, 6) is -2.46. The van der Waals surface area contributed by atoms with Crippen LogP contribution in [0.5, 0.6) is 5.75 Å². The lowest BCUT2D eigenvalue weighted by atomic mass is 10.1. The number of nitrogens with one attached hydrogen (secondary N) is 1. The first kappa shape index (κ1) is 19.2. The lowest BCUT2D eigenvalue weighted by molar-refractivity contribution is -0.385. The van der Waals surface area contributed by atoms with Crippen LogP contribution in [0.2, 0.25) is 0 Å². The average Bonchev–Trinajstić information content (AvgIpc) is 2.55. The van der Waals surface area contributed by atoms with Gasteiger partial charge >= 0.3 is 6.18 Å². The fourth-order valence-corrected chi connectivity index (χ4v) is 2.02. The van der Waals surface area contributed by atoms with Gasteiger partial charge in [-0.15, -0.1) is 0 Å². The van der Waals surface area contributed by atoms with E-state index in [1.165, 1.54) is 19.1 Å². The van der Waals surface area contributed by atoms with Gasteiger partial charge in [0.1, 0.15) is 0 Å². The standard InChI is InChI=1S/C16H12F4N2O4/c1-9(26-14-7-6-10(22(24)25)8-12(14)17)15(23)21-13-5-3-2-4-11(13)16(18,19)20/h2-9H,1H3,(H,21,23)/t9-/m0/s1. The van der Waals surface area contributed by atoms with Crippen LogP contribution in [0.15, 0.2) is 42.5 Å². The highest BCUT2D eigenvalue weighted by atomic mass is 19.4. The molecule has 0 saturated carbocycles. The topological polar surface area (TPSA) is 81.5 Å². The van der Waals surface area contributed by atoms with Crippen LogP contribution in [0.1, 0.15) is 12.5 Å². The molecule has 0 aliphatic heterocycles. The molecule has 26 heavy (non-hydrogen) atoms. The molecular formula is C16H12F4N2O4. The third-order valence-electron chi connectivity index (χ3n) is 3.29. The molecule has 2 aromatic rings. The first-order chi connectivity index (χ1) is 12.1. The fraction of sp³-hybridized carbons (Fsp3) is 0.188. The summed E-state index contributed by atoms with van der Waals surface area (Å²) in [6, 6.07) is 6.90. The number of hydrogen-bond acceptors (Lipinski definition) is 4. The van der Waals surface area contributed by atoms with Crippen LogP contribution in [0.3, 0.4) is 0 Å². The zero-order chi connectivity index (χ0) is 19.5. The lowest BCUT2D eigenvalue weighted by Gasteiger charge is -2.17. The maximum absolute atomic E-state index is 13.8. The molecule has 0 aromatic heterocycles. The third kappa shape index (κ3) is 4.47. The maximum Gasteiger partial charge on any atom is 0.418 e. The molecule has 0 radical (unpaired) electrons. The van der Waals surface area contributed by atoms with E-state index in [0.29, 0.717) is 6.07 Å². The molecule has 0 aliphatic carbocycles. The Bertz CT molecular complexity index is 839. The summed E-state index contributed by atoms with van der Waals surface area (Å²) in [6.07, 6.45) is -6.02. The lowest BCUT2D eigenvalue weighted by Crippen LogP contribution is -2.31. The molecule has 0 heterocycles. The number of para-hydroxylation sites is 1. The van der Waals surface area contributed by atoms with Crippen molar-refractivity contribution in [2.24, 2.45) is 0 Å². The first-order valence-electron chi connectivity index (χ1n) is 7.17. The molecule has 1 amide bonds. The number of ether oxygens (including phenoxy) is 1. The van der Waals surface area contributed by atoms with Crippen LogP contribution in [-0.4, -0.2) is 16.9 Å². The van der Waals surface area contributed by atoms with E-state index >= 15 is 0 Å². The molecule has 0 spiro atoms. The Labute approximate surface area is 144 Å². The summed E-state index contributed by atoms with van der Waals surface area (Å²) in [7, 11) is 0. The van der Waals surface area contributed by atoms with Crippen LogP contribution < -0.4 is 10.1 Å². The fourth-order valence-electron chi connectivity index (χ4n) is 2.02. The predicted molar refractivity (Wildman–Crippen MR) is 83.2 cm³/mol. The Hall–Kier alpha value is -3.17. The van der Waals surface area contributed by atoms with Gasteiger partial charge in [-0.3, -0.25) is 14.9 Å². The van der Waals surface area contributed by atoms with Crippen molar-refractivity contribution in [1.29, 1.82) is 0 Å². The van der Waals surface area contributed by atoms with Crippen molar-refractivity contribution in [2.45, 2.75) is 19.2 Å². The summed E-state index contributed by atoms with van der Waals surface area (Å²) in [6.45, 7) is 1.20. The van der Waals surface area contributed by atoms with Crippen molar-refractivity contribution in [2.75, 3.05) is 5.32 Å². The van der Waals surface area contributed by atoms with Crippen LogP contribution >= 0.6 is 0 Å². The monoisotopic (exact) mass is 372 g/mol. The Morgan fingerprint density at radius 2 is 1.88 bits per heavy atom. The summed E-state index contributed by atoms with van der Waals surface area (Å²) >= 11 is 0. The third-order valence-corrected chi connectivity index (χ3v) is 3.29. The minimum Gasteiger partial charge on any atom is -0.478 e. The number of alkyl halides is 3. The van der Waals surface area contributed by atoms with Gasteiger partial charge in [0.15, 0.2) is 17.7 Å². The van der Waals surface area contributed by atoms with Crippen molar-refractivity contribution >= 4 is 17.3 Å². The minimum absolute atomic E-state index is 0.442. The normalized spacial score (nSPS) is 12.3. The van der Waals surface area contributed by atoms with Gasteiger partial charge in [0.2, 0.25) is 0 Å². The molecule has 0 bridgehead atoms. The second-order valence-corrected chi connectivity index (χ2v) is 5.16. The highest BCUT2D eigenvalue weighted by Gasteiger charge is 2.34. The molecule has 6 nitrogen and oxygen atoms in total. The molecule has 2 rings (SSSR count). The van der Waals surface area contributed by atoms with Gasteiger partial charge in [0, 0.05) is 6.07 Å². The quantitative estimate of drug-likeness (QED) is 0.485. The Balaban J connectivity index is 2.13. The summed E-state index contributed by atoms with van der Waals surface area (Å²) in [5, 5.41) is 12.6. The number of hydrogen-bond donors (Lipinski definition) is 1. The molecule has 138 valence electrons. The van der Waals surface area contributed by atoms with E-state index in [0.717, 1.165) is 24.3 Å². The van der Waals surface area contributed by atoms with Crippen molar-refractivity contribution < 1.29 is 32.0 Å². The van der Waals surface area contributed by atoms with Gasteiger partial charge < -0.3 is 10.1 Å². The molecule has 0 aliphatic rings. The zero-order valence-electron chi connectivity index (χ0n) is 13.2. The van der Waals surface area contributed by atoms with Gasteiger partial charge in [0.05, 0.1) is 22.2 Å². The van der Waals surface area contributed by atoms with Crippen LogP contribution in [0.4, 0.5) is 28.9 Å². The molecule has 2 aromatic carbocycles. The van der Waals surface area contributed by atoms with E-state index in [1.807, 2.05) is 0 Å². The van der Waals surface area contributed by atoms with Gasteiger partial charge in [0.25, 0.3) is 11.6 Å². The molecular weight excluding hydrogens is 360 g/mol. The number of rotatable bonds is 5. The van der Waals surface area contributed by atoms with E-state index in [9.17, 15) is 32.5 Å². The van der Waals surface area contributed by atoms with E-state index in [4.69, 9.17) is 4.74 Å². The van der Waals surface area contributed by atoms with E-state index in [1.54, 1.807) is 0 Å². The van der Waals surface area contributed by atoms with E-state index in [2.05, 4.69) is 5.32 Å². The molecule has 0 unspecified atom stereocenters. The van der Waals surface area contributed by atoms with Gasteiger partial charge in [-0.25, -0.2) is 4.39 Å². The van der Waals surface area contributed by atoms with Crippen molar-refractivity contribution in [3.8, 4) is 5.75 Å². The number of nitrogens with zero attached hydrogens (tertiary/aromatic N) is 1. The molecule has 1 N–H and O–H groups in total. The number of nitro groups is 1. The molecule has 0 fully saturated rings. The molecule has 0 saturated heterocycles. The average molecular weight is 372 g/mol. The number of non-ortho nitro benzene ring substituents is 1. The Morgan fingerprint density at radius 3 is 2.46 bits per heavy atom. The zero-order valence-corrected chi connectivity index (χ0v) is 13.2. The minimum atomic E-state index is -4.67. The van der Waals surface area contributed by atoms with Crippen molar-refractivity contribution in [3.63, 3.8) is 0 Å². The van der Waals surface area contributed by atoms with E-state index < -0.39 is 51.6 Å². The Morgan fingerprint density at radius 1 is 1.23 bits per heavy atom. The van der Waals surface area contributed by atoms with Gasteiger partial charge in [-0.1, -0.05) is 12.1 Å². The van der Waals surface area contributed by atoms with Gasteiger partial charge in [-0.2, -0.15) is 13.2 Å². The number of anilines is 1. The van der Waals surface area contributed by atoms with Crippen LogP contribution in [0.25, 0.3) is 0 Å². The van der Waals surface area contributed by atoms with E-state index in [-0.39, 0.29) is 0 Å². The second kappa shape index (κ2) is 7.38. The highest BCUT2D eigenvalue weighted by Crippen LogP contribution is 2.34. The number of halogens is 4. The number of carbonyl (C=O) groups is 1. The van der Waals surface area contributed by atoms with Crippen molar-refractivity contribution in [1.82, 2.24) is 0 Å². The summed E-state index contributed by atoms with van der Waals surface area (Å²) < 4.78 is 57.6. The predicted octanol–water partition coefficient (Wildman–Crippen LogP) is 4.16. The number of benzene rings is 2. The van der Waals surface area contributed by atoms with Crippen molar-refractivity contribution in [3.05, 3.63) is 64.0 Å². The summed E-state index contributed by atoms with van der Waals surface area (Å²) in [5.41, 5.74) is -2.02. The largest absolute Gasteiger partial charge is 0.478 e.